The summed E-state index contributed by atoms with van der Waals surface area (Å²) in [4.78, 5) is 11.2. The molecule has 0 aliphatic rings. The lowest BCUT2D eigenvalue weighted by Gasteiger charge is -2.11. The highest BCUT2D eigenvalue weighted by Crippen LogP contribution is 2.26. The van der Waals surface area contributed by atoms with Gasteiger partial charge in [0.1, 0.15) is 10.7 Å². The Labute approximate surface area is 132 Å². The molecule has 0 aliphatic heterocycles. The maximum absolute atomic E-state index is 13.8. The van der Waals surface area contributed by atoms with Crippen LogP contribution in [0.2, 0.25) is 5.02 Å². The smallest absolute Gasteiger partial charge is 0.342 e. The van der Waals surface area contributed by atoms with Gasteiger partial charge in [0.25, 0.3) is 0 Å². The van der Waals surface area contributed by atoms with Gasteiger partial charge >= 0.3 is 10.1 Å². The summed E-state index contributed by atoms with van der Waals surface area (Å²) in [5.41, 5.74) is 0.128. The number of hydrogen-bond acceptors (Lipinski definition) is 4. The molecule has 0 saturated carbocycles. The van der Waals surface area contributed by atoms with Crippen molar-refractivity contribution in [3.8, 4) is 5.75 Å². The molecule has 7 heteroatoms. The second kappa shape index (κ2) is 6.46. The first-order valence-corrected chi connectivity index (χ1v) is 8.15. The summed E-state index contributed by atoms with van der Waals surface area (Å²) >= 11 is 5.59. The zero-order valence-electron chi connectivity index (χ0n) is 11.5. The minimum Gasteiger partial charge on any atom is -0.378 e. The number of Topliss-reactive ketones (excluding diaryl/α,β-unsaturated/α-hetero) is 1. The fourth-order valence-electron chi connectivity index (χ4n) is 1.80. The number of hydrogen-bond donors (Lipinski definition) is 0. The van der Waals surface area contributed by atoms with Crippen LogP contribution in [0.3, 0.4) is 0 Å². The van der Waals surface area contributed by atoms with Gasteiger partial charge in [-0.2, -0.15) is 8.42 Å². The normalized spacial score (nSPS) is 11.2. The minimum absolute atomic E-state index is 0.0676. The molecule has 2 aromatic carbocycles. The molecule has 0 bridgehead atoms. The number of carbonyl (C=O) groups excluding carboxylic acids is 1. The summed E-state index contributed by atoms with van der Waals surface area (Å²) in [5, 5.41) is 0.0676. The van der Waals surface area contributed by atoms with Gasteiger partial charge in [0, 0.05) is 11.4 Å². The van der Waals surface area contributed by atoms with Gasteiger partial charge in [0.05, 0.1) is 5.56 Å². The van der Waals surface area contributed by atoms with E-state index in [0.717, 1.165) is 12.1 Å². The largest absolute Gasteiger partial charge is 0.378 e. The van der Waals surface area contributed by atoms with E-state index in [1.807, 2.05) is 0 Å². The number of halogens is 2. The van der Waals surface area contributed by atoms with Gasteiger partial charge in [-0.05, 0) is 30.3 Å². The Kier molecular flexibility index (Phi) is 4.83. The van der Waals surface area contributed by atoms with Gasteiger partial charge in [-0.25, -0.2) is 4.39 Å². The third-order valence-corrected chi connectivity index (χ3v) is 4.38. The Balaban J connectivity index is 2.44. The number of ketones is 1. The van der Waals surface area contributed by atoms with E-state index in [2.05, 4.69) is 0 Å². The SMILES string of the molecule is CCC(=O)c1ccccc1OS(=O)(=O)c1ccc(Cl)cc1F. The first kappa shape index (κ1) is 16.5. The molecule has 0 aliphatic carbocycles. The monoisotopic (exact) mass is 342 g/mol. The number of rotatable bonds is 5. The summed E-state index contributed by atoms with van der Waals surface area (Å²) in [6.45, 7) is 1.65. The van der Waals surface area contributed by atoms with Gasteiger partial charge in [-0.3, -0.25) is 4.79 Å². The molecule has 2 aromatic rings. The summed E-state index contributed by atoms with van der Waals surface area (Å²) < 4.78 is 43.1. The number of benzene rings is 2. The van der Waals surface area contributed by atoms with E-state index >= 15 is 0 Å². The Hall–Kier alpha value is -1.92. The maximum Gasteiger partial charge on any atom is 0.342 e. The first-order chi connectivity index (χ1) is 10.3. The highest BCUT2D eigenvalue weighted by Gasteiger charge is 2.23. The molecule has 0 aromatic heterocycles. The van der Waals surface area contributed by atoms with Gasteiger partial charge in [0.15, 0.2) is 11.5 Å². The van der Waals surface area contributed by atoms with Gasteiger partial charge in [0.2, 0.25) is 0 Å². The van der Waals surface area contributed by atoms with Crippen LogP contribution in [-0.2, 0) is 10.1 Å². The summed E-state index contributed by atoms with van der Waals surface area (Å²) in [6, 6.07) is 9.03. The van der Waals surface area contributed by atoms with Crippen LogP contribution in [0.25, 0.3) is 0 Å². The lowest BCUT2D eigenvalue weighted by Crippen LogP contribution is -2.13. The maximum atomic E-state index is 13.8. The molecule has 0 spiro atoms. The van der Waals surface area contributed by atoms with E-state index in [-0.39, 0.29) is 28.5 Å². The van der Waals surface area contributed by atoms with Crippen molar-refractivity contribution in [3.05, 3.63) is 58.9 Å². The van der Waals surface area contributed by atoms with Crippen molar-refractivity contribution in [2.75, 3.05) is 0 Å². The van der Waals surface area contributed by atoms with E-state index in [0.29, 0.717) is 0 Å². The van der Waals surface area contributed by atoms with Crippen molar-refractivity contribution < 1.29 is 21.8 Å². The van der Waals surface area contributed by atoms with Crippen molar-refractivity contribution in [1.82, 2.24) is 0 Å². The molecule has 0 atom stereocenters. The lowest BCUT2D eigenvalue weighted by atomic mass is 10.1. The highest BCUT2D eigenvalue weighted by molar-refractivity contribution is 7.87. The van der Waals surface area contributed by atoms with Crippen LogP contribution in [0.4, 0.5) is 4.39 Å². The standard InChI is InChI=1S/C15H12ClFO4S/c1-2-13(18)11-5-3-4-6-14(11)21-22(19,20)15-8-7-10(16)9-12(15)17/h3-9H,2H2,1H3. The predicted molar refractivity (Wildman–Crippen MR) is 80.3 cm³/mol. The van der Waals surface area contributed by atoms with Crippen LogP contribution in [-0.4, -0.2) is 14.2 Å². The van der Waals surface area contributed by atoms with Gasteiger partial charge < -0.3 is 4.18 Å². The van der Waals surface area contributed by atoms with Crippen molar-refractivity contribution in [1.29, 1.82) is 0 Å². The van der Waals surface area contributed by atoms with Crippen molar-refractivity contribution >= 4 is 27.5 Å². The zero-order chi connectivity index (χ0) is 16.3. The predicted octanol–water partition coefficient (Wildman–Crippen LogP) is 3.84. The lowest BCUT2D eigenvalue weighted by molar-refractivity contribution is 0.0986. The van der Waals surface area contributed by atoms with Crippen LogP contribution in [0.15, 0.2) is 47.4 Å². The van der Waals surface area contributed by atoms with Crippen LogP contribution >= 0.6 is 11.6 Å². The average Bonchev–Trinajstić information content (AvgIpc) is 2.46. The molecule has 0 fully saturated rings. The molecule has 2 rings (SSSR count). The molecule has 0 saturated heterocycles. The van der Waals surface area contributed by atoms with Crippen molar-refractivity contribution in [3.63, 3.8) is 0 Å². The van der Waals surface area contributed by atoms with Gasteiger partial charge in [-0.15, -0.1) is 0 Å². The van der Waals surface area contributed by atoms with E-state index in [1.54, 1.807) is 13.0 Å². The van der Waals surface area contributed by atoms with E-state index in [9.17, 15) is 17.6 Å². The van der Waals surface area contributed by atoms with Crippen LogP contribution in [0, 0.1) is 5.82 Å². The molecule has 0 N–H and O–H groups in total. The topological polar surface area (TPSA) is 60.4 Å². The van der Waals surface area contributed by atoms with Crippen molar-refractivity contribution in [2.24, 2.45) is 0 Å². The van der Waals surface area contributed by atoms with Gasteiger partial charge in [-0.1, -0.05) is 30.7 Å². The summed E-state index contributed by atoms with van der Waals surface area (Å²) in [7, 11) is -4.41. The Morgan fingerprint density at radius 1 is 1.23 bits per heavy atom. The van der Waals surface area contributed by atoms with E-state index in [4.69, 9.17) is 15.8 Å². The van der Waals surface area contributed by atoms with Crippen LogP contribution in [0.5, 0.6) is 5.75 Å². The highest BCUT2D eigenvalue weighted by atomic mass is 35.5. The quantitative estimate of drug-likeness (QED) is 0.612. The first-order valence-electron chi connectivity index (χ1n) is 6.37. The fraction of sp³-hybridized carbons (Fsp3) is 0.133. The van der Waals surface area contributed by atoms with E-state index < -0.39 is 20.8 Å². The molecule has 0 amide bonds. The third-order valence-electron chi connectivity index (χ3n) is 2.87. The van der Waals surface area contributed by atoms with Crippen LogP contribution in [0.1, 0.15) is 23.7 Å². The molecule has 4 nitrogen and oxygen atoms in total. The molecular formula is C15H12ClFO4S. The summed E-state index contributed by atoms with van der Waals surface area (Å²) in [6.07, 6.45) is 0.190. The molecule has 116 valence electrons. The Morgan fingerprint density at radius 2 is 1.91 bits per heavy atom. The molecule has 0 unspecified atom stereocenters. The Bertz CT molecular complexity index is 818. The molecule has 22 heavy (non-hydrogen) atoms. The fourth-order valence-corrected chi connectivity index (χ4v) is 2.96. The molecule has 0 radical (unpaired) electrons. The molecule has 0 heterocycles. The third kappa shape index (κ3) is 3.45. The number of para-hydroxylation sites is 1. The zero-order valence-corrected chi connectivity index (χ0v) is 13.1. The average molecular weight is 343 g/mol. The molecular weight excluding hydrogens is 331 g/mol. The van der Waals surface area contributed by atoms with Crippen LogP contribution < -0.4 is 4.18 Å². The second-order valence-electron chi connectivity index (χ2n) is 4.39. The van der Waals surface area contributed by atoms with E-state index in [1.165, 1.54) is 24.3 Å². The summed E-state index contributed by atoms with van der Waals surface area (Å²) in [5.74, 6) is -1.43. The second-order valence-corrected chi connectivity index (χ2v) is 6.34. The Morgan fingerprint density at radius 3 is 2.55 bits per heavy atom. The van der Waals surface area contributed by atoms with Crippen molar-refractivity contribution in [2.45, 2.75) is 18.2 Å². The minimum atomic E-state index is -4.41. The number of carbonyl (C=O) groups is 1.